The van der Waals surface area contributed by atoms with E-state index in [2.05, 4.69) is 0 Å². The van der Waals surface area contributed by atoms with E-state index in [1.807, 2.05) is 36.4 Å². The monoisotopic (exact) mass is 312 g/mol. The molecule has 1 saturated carbocycles. The van der Waals surface area contributed by atoms with Crippen LogP contribution in [0.25, 0.3) is 11.1 Å². The molecule has 0 unspecified atom stereocenters. The normalized spacial score (nSPS) is 15.2. The standard InChI is InChI=1S/C19H20O4/c1-23-16-6-7-17(14(10-16)11-18(21)22)13-2-4-15(5-3-13)19(12-20)8-9-19/h2-7,10,20H,8-9,11-12H2,1H3,(H,21,22). The number of carboxylic acid groups (broad SMARTS) is 1. The smallest absolute Gasteiger partial charge is 0.307 e. The van der Waals surface area contributed by atoms with Gasteiger partial charge >= 0.3 is 5.97 Å². The molecule has 120 valence electrons. The van der Waals surface area contributed by atoms with Crippen LogP contribution in [0.2, 0.25) is 0 Å². The Hall–Kier alpha value is -2.33. The van der Waals surface area contributed by atoms with Crippen LogP contribution in [0, 0.1) is 0 Å². The minimum atomic E-state index is -0.867. The molecule has 0 radical (unpaired) electrons. The van der Waals surface area contributed by atoms with E-state index in [4.69, 9.17) is 9.84 Å². The van der Waals surface area contributed by atoms with Gasteiger partial charge in [0.05, 0.1) is 20.1 Å². The van der Waals surface area contributed by atoms with Gasteiger partial charge in [0.15, 0.2) is 0 Å². The van der Waals surface area contributed by atoms with E-state index in [0.717, 1.165) is 35.1 Å². The first kappa shape index (κ1) is 15.6. The van der Waals surface area contributed by atoms with Gasteiger partial charge in [-0.2, -0.15) is 0 Å². The van der Waals surface area contributed by atoms with Crippen molar-refractivity contribution in [2.75, 3.05) is 13.7 Å². The van der Waals surface area contributed by atoms with E-state index in [1.54, 1.807) is 13.2 Å². The van der Waals surface area contributed by atoms with E-state index in [9.17, 15) is 9.90 Å². The van der Waals surface area contributed by atoms with Gasteiger partial charge in [-0.05, 0) is 47.2 Å². The highest BCUT2D eigenvalue weighted by Crippen LogP contribution is 2.47. The van der Waals surface area contributed by atoms with E-state index in [1.165, 1.54) is 0 Å². The minimum Gasteiger partial charge on any atom is -0.497 e. The highest BCUT2D eigenvalue weighted by atomic mass is 16.5. The Morgan fingerprint density at radius 3 is 2.39 bits per heavy atom. The number of aliphatic carboxylic acids is 1. The average molecular weight is 312 g/mol. The van der Waals surface area contributed by atoms with Crippen LogP contribution in [0.15, 0.2) is 42.5 Å². The molecule has 0 aliphatic heterocycles. The molecule has 1 aliphatic rings. The second-order valence-corrected chi connectivity index (χ2v) is 6.11. The van der Waals surface area contributed by atoms with Crippen LogP contribution < -0.4 is 4.74 Å². The zero-order valence-corrected chi connectivity index (χ0v) is 13.1. The molecule has 2 aromatic rings. The first-order chi connectivity index (χ1) is 11.1. The van der Waals surface area contributed by atoms with Crippen LogP contribution in [-0.4, -0.2) is 29.9 Å². The van der Waals surface area contributed by atoms with Gasteiger partial charge < -0.3 is 14.9 Å². The molecular weight excluding hydrogens is 292 g/mol. The van der Waals surface area contributed by atoms with Crippen molar-refractivity contribution in [2.45, 2.75) is 24.7 Å². The highest BCUT2D eigenvalue weighted by molar-refractivity contribution is 5.77. The topological polar surface area (TPSA) is 66.8 Å². The molecule has 23 heavy (non-hydrogen) atoms. The maximum atomic E-state index is 11.1. The first-order valence-electron chi connectivity index (χ1n) is 7.68. The molecule has 4 heteroatoms. The van der Waals surface area contributed by atoms with Gasteiger partial charge in [-0.1, -0.05) is 30.3 Å². The summed E-state index contributed by atoms with van der Waals surface area (Å²) in [5.41, 5.74) is 3.70. The molecule has 1 aliphatic carbocycles. The number of benzene rings is 2. The van der Waals surface area contributed by atoms with Gasteiger partial charge in [-0.25, -0.2) is 0 Å². The Morgan fingerprint density at radius 2 is 1.87 bits per heavy atom. The summed E-state index contributed by atoms with van der Waals surface area (Å²) in [6, 6.07) is 13.6. The van der Waals surface area contributed by atoms with Crippen LogP contribution in [0.1, 0.15) is 24.0 Å². The predicted octanol–water partition coefficient (Wildman–Crippen LogP) is 3.01. The molecule has 0 atom stereocenters. The summed E-state index contributed by atoms with van der Waals surface area (Å²) in [4.78, 5) is 11.1. The molecule has 0 saturated heterocycles. The number of carboxylic acids is 1. The average Bonchev–Trinajstić information content (AvgIpc) is 3.36. The van der Waals surface area contributed by atoms with Gasteiger partial charge in [-0.15, -0.1) is 0 Å². The van der Waals surface area contributed by atoms with Crippen LogP contribution in [0.4, 0.5) is 0 Å². The van der Waals surface area contributed by atoms with Crippen molar-refractivity contribution >= 4 is 5.97 Å². The van der Waals surface area contributed by atoms with Crippen molar-refractivity contribution in [1.82, 2.24) is 0 Å². The molecule has 0 aromatic heterocycles. The number of methoxy groups -OCH3 is 1. The number of ether oxygens (including phenoxy) is 1. The van der Waals surface area contributed by atoms with Crippen molar-refractivity contribution in [1.29, 1.82) is 0 Å². The summed E-state index contributed by atoms with van der Waals surface area (Å²) in [6.45, 7) is 0.180. The summed E-state index contributed by atoms with van der Waals surface area (Å²) in [5, 5.41) is 18.6. The van der Waals surface area contributed by atoms with E-state index in [0.29, 0.717) is 5.75 Å². The van der Waals surface area contributed by atoms with Gasteiger partial charge in [-0.3, -0.25) is 4.79 Å². The molecule has 0 spiro atoms. The summed E-state index contributed by atoms with van der Waals surface area (Å²) >= 11 is 0. The molecule has 0 bridgehead atoms. The lowest BCUT2D eigenvalue weighted by Crippen LogP contribution is -2.11. The van der Waals surface area contributed by atoms with Crippen molar-refractivity contribution in [3.05, 3.63) is 53.6 Å². The Labute approximate surface area is 135 Å². The third-order valence-electron chi connectivity index (χ3n) is 4.62. The lowest BCUT2D eigenvalue weighted by Gasteiger charge is -2.14. The quantitative estimate of drug-likeness (QED) is 0.860. The highest BCUT2D eigenvalue weighted by Gasteiger charge is 2.43. The summed E-state index contributed by atoms with van der Waals surface area (Å²) < 4.78 is 5.19. The Balaban J connectivity index is 1.96. The van der Waals surface area contributed by atoms with Crippen LogP contribution in [0.3, 0.4) is 0 Å². The number of rotatable bonds is 6. The fourth-order valence-electron chi connectivity index (χ4n) is 2.98. The van der Waals surface area contributed by atoms with Crippen LogP contribution in [-0.2, 0) is 16.6 Å². The van der Waals surface area contributed by atoms with Crippen molar-refractivity contribution in [3.8, 4) is 16.9 Å². The Morgan fingerprint density at radius 1 is 1.17 bits per heavy atom. The van der Waals surface area contributed by atoms with Gasteiger partial charge in [0, 0.05) is 5.41 Å². The molecule has 1 fully saturated rings. The molecule has 2 N–H and O–H groups in total. The fourth-order valence-corrected chi connectivity index (χ4v) is 2.98. The first-order valence-corrected chi connectivity index (χ1v) is 7.68. The second kappa shape index (κ2) is 6.05. The second-order valence-electron chi connectivity index (χ2n) is 6.11. The molecule has 3 rings (SSSR count). The maximum absolute atomic E-state index is 11.1. The van der Waals surface area contributed by atoms with Crippen molar-refractivity contribution < 1.29 is 19.7 Å². The van der Waals surface area contributed by atoms with E-state index in [-0.39, 0.29) is 18.4 Å². The third kappa shape index (κ3) is 3.08. The van der Waals surface area contributed by atoms with Crippen LogP contribution in [0.5, 0.6) is 5.75 Å². The third-order valence-corrected chi connectivity index (χ3v) is 4.62. The maximum Gasteiger partial charge on any atom is 0.307 e. The molecule has 4 nitrogen and oxygen atoms in total. The zero-order chi connectivity index (χ0) is 16.4. The number of aliphatic hydroxyl groups excluding tert-OH is 1. The number of carbonyl (C=O) groups is 1. The molecular formula is C19H20O4. The number of hydrogen-bond donors (Lipinski definition) is 2. The van der Waals surface area contributed by atoms with Crippen molar-refractivity contribution in [2.24, 2.45) is 0 Å². The fraction of sp³-hybridized carbons (Fsp3) is 0.316. The van der Waals surface area contributed by atoms with Gasteiger partial charge in [0.25, 0.3) is 0 Å². The van der Waals surface area contributed by atoms with E-state index < -0.39 is 5.97 Å². The van der Waals surface area contributed by atoms with E-state index >= 15 is 0 Å². The largest absolute Gasteiger partial charge is 0.497 e. The molecule has 0 amide bonds. The minimum absolute atomic E-state index is 0.0468. The Kier molecular flexibility index (Phi) is 4.09. The summed E-state index contributed by atoms with van der Waals surface area (Å²) in [6.07, 6.45) is 2.00. The molecule has 2 aromatic carbocycles. The van der Waals surface area contributed by atoms with Gasteiger partial charge in [0.1, 0.15) is 5.75 Å². The summed E-state index contributed by atoms with van der Waals surface area (Å²) in [7, 11) is 1.57. The predicted molar refractivity (Wildman–Crippen MR) is 87.8 cm³/mol. The SMILES string of the molecule is COc1ccc(-c2ccc(C3(CO)CC3)cc2)c(CC(=O)O)c1. The van der Waals surface area contributed by atoms with Crippen LogP contribution >= 0.6 is 0 Å². The zero-order valence-electron chi connectivity index (χ0n) is 13.1. The molecule has 0 heterocycles. The summed E-state index contributed by atoms with van der Waals surface area (Å²) in [5.74, 6) is -0.216. The lowest BCUT2D eigenvalue weighted by molar-refractivity contribution is -0.136. The Bertz CT molecular complexity index is 715. The number of hydrogen-bond acceptors (Lipinski definition) is 3. The lowest BCUT2D eigenvalue weighted by atomic mass is 9.92. The number of aliphatic hydroxyl groups is 1. The van der Waals surface area contributed by atoms with Gasteiger partial charge in [0.2, 0.25) is 0 Å². The van der Waals surface area contributed by atoms with Crippen molar-refractivity contribution in [3.63, 3.8) is 0 Å².